The van der Waals surface area contributed by atoms with Crippen LogP contribution in [0.15, 0.2) is 23.2 Å². The molecule has 3 N–H and O–H groups in total. The third-order valence-electron chi connectivity index (χ3n) is 3.74. The van der Waals surface area contributed by atoms with Crippen molar-refractivity contribution in [2.75, 3.05) is 26.2 Å². The fourth-order valence-corrected chi connectivity index (χ4v) is 1.96. The van der Waals surface area contributed by atoms with E-state index in [1.807, 2.05) is 20.8 Å². The summed E-state index contributed by atoms with van der Waals surface area (Å²) in [5.74, 6) is -0.808. The molecule has 0 spiro atoms. The lowest BCUT2D eigenvalue weighted by molar-refractivity contribution is 0.0418. The van der Waals surface area contributed by atoms with Crippen molar-refractivity contribution < 1.29 is 18.6 Å². The van der Waals surface area contributed by atoms with Gasteiger partial charge in [-0.25, -0.2) is 8.78 Å². The maximum absolute atomic E-state index is 13.4. The van der Waals surface area contributed by atoms with E-state index in [1.165, 1.54) is 6.07 Å². The smallest absolute Gasteiger partial charge is 0.191 e. The standard InChI is InChI=1S/C17H27F2N3O2/c1-4-17(23,5-2)12-22-16(20-6-3)21-9-10-24-15-8-7-13(18)11-14(15)19/h7-8,11,23H,4-6,9-10,12H2,1-3H3,(H2,20,21,22). The summed E-state index contributed by atoms with van der Waals surface area (Å²) in [6, 6.07) is 3.19. The monoisotopic (exact) mass is 343 g/mol. The van der Waals surface area contributed by atoms with Crippen molar-refractivity contribution in [2.45, 2.75) is 39.2 Å². The highest BCUT2D eigenvalue weighted by molar-refractivity contribution is 5.79. The van der Waals surface area contributed by atoms with Crippen molar-refractivity contribution in [1.82, 2.24) is 10.6 Å². The predicted octanol–water partition coefficient (Wildman–Crippen LogP) is 2.45. The van der Waals surface area contributed by atoms with Crippen LogP contribution < -0.4 is 15.4 Å². The number of aliphatic hydroxyl groups is 1. The lowest BCUT2D eigenvalue weighted by Crippen LogP contribution is -2.41. The normalized spacial score (nSPS) is 12.2. The number of guanidine groups is 1. The predicted molar refractivity (Wildman–Crippen MR) is 91.4 cm³/mol. The summed E-state index contributed by atoms with van der Waals surface area (Å²) in [7, 11) is 0. The molecule has 0 bridgehead atoms. The number of rotatable bonds is 9. The van der Waals surface area contributed by atoms with Gasteiger partial charge in [0.05, 0.1) is 18.7 Å². The molecule has 24 heavy (non-hydrogen) atoms. The largest absolute Gasteiger partial charge is 0.489 e. The number of aliphatic imine (C=N–C) groups is 1. The first-order chi connectivity index (χ1) is 11.4. The molecule has 0 radical (unpaired) electrons. The lowest BCUT2D eigenvalue weighted by atomic mass is 9.98. The quantitative estimate of drug-likeness (QED) is 0.366. The van der Waals surface area contributed by atoms with Crippen LogP contribution >= 0.6 is 0 Å². The van der Waals surface area contributed by atoms with Gasteiger partial charge in [0.25, 0.3) is 0 Å². The SMILES string of the molecule is CCNC(=NCC(O)(CC)CC)NCCOc1ccc(F)cc1F. The van der Waals surface area contributed by atoms with E-state index in [1.54, 1.807) is 0 Å². The third-order valence-corrected chi connectivity index (χ3v) is 3.74. The lowest BCUT2D eigenvalue weighted by Gasteiger charge is -2.23. The molecule has 5 nitrogen and oxygen atoms in total. The number of halogens is 2. The van der Waals surface area contributed by atoms with Crippen molar-refractivity contribution in [3.05, 3.63) is 29.8 Å². The first kappa shape index (κ1) is 20.2. The van der Waals surface area contributed by atoms with Crippen LogP contribution in [0.25, 0.3) is 0 Å². The Kier molecular flexibility index (Phi) is 8.46. The number of nitrogens with one attached hydrogen (secondary N) is 2. The van der Waals surface area contributed by atoms with E-state index in [2.05, 4.69) is 15.6 Å². The summed E-state index contributed by atoms with van der Waals surface area (Å²) in [5.41, 5.74) is -0.809. The minimum Gasteiger partial charge on any atom is -0.489 e. The third kappa shape index (κ3) is 6.70. The Hall–Kier alpha value is -1.89. The van der Waals surface area contributed by atoms with Gasteiger partial charge in [0.2, 0.25) is 0 Å². The topological polar surface area (TPSA) is 65.9 Å². The van der Waals surface area contributed by atoms with Gasteiger partial charge in [0.1, 0.15) is 12.4 Å². The van der Waals surface area contributed by atoms with Gasteiger partial charge in [-0.2, -0.15) is 0 Å². The van der Waals surface area contributed by atoms with Gasteiger partial charge in [-0.15, -0.1) is 0 Å². The average molecular weight is 343 g/mol. The van der Waals surface area contributed by atoms with Crippen LogP contribution in [-0.4, -0.2) is 42.9 Å². The summed E-state index contributed by atoms with van der Waals surface area (Å²) in [4.78, 5) is 4.37. The Morgan fingerprint density at radius 2 is 1.92 bits per heavy atom. The second-order valence-corrected chi connectivity index (χ2v) is 5.48. The first-order valence-corrected chi connectivity index (χ1v) is 8.26. The van der Waals surface area contributed by atoms with E-state index in [0.29, 0.717) is 38.4 Å². The van der Waals surface area contributed by atoms with E-state index in [4.69, 9.17) is 4.74 Å². The van der Waals surface area contributed by atoms with E-state index in [-0.39, 0.29) is 12.4 Å². The molecule has 0 aliphatic carbocycles. The van der Waals surface area contributed by atoms with Crippen LogP contribution in [0.5, 0.6) is 5.75 Å². The first-order valence-electron chi connectivity index (χ1n) is 8.26. The zero-order chi connectivity index (χ0) is 18.0. The number of hydrogen-bond donors (Lipinski definition) is 3. The molecule has 0 saturated heterocycles. The van der Waals surface area contributed by atoms with Crippen molar-refractivity contribution in [3.63, 3.8) is 0 Å². The van der Waals surface area contributed by atoms with E-state index < -0.39 is 17.2 Å². The van der Waals surface area contributed by atoms with Crippen LogP contribution in [0.3, 0.4) is 0 Å². The molecule has 7 heteroatoms. The fourth-order valence-electron chi connectivity index (χ4n) is 1.96. The summed E-state index contributed by atoms with van der Waals surface area (Å²) in [6.07, 6.45) is 1.25. The molecule has 0 aromatic heterocycles. The van der Waals surface area contributed by atoms with Gasteiger partial charge in [0.15, 0.2) is 17.5 Å². The Labute approximate surface area is 142 Å². The minimum absolute atomic E-state index is 0.00600. The molecule has 0 heterocycles. The van der Waals surface area contributed by atoms with Gasteiger partial charge < -0.3 is 20.5 Å². The fraction of sp³-hybridized carbons (Fsp3) is 0.588. The molecule has 0 aliphatic heterocycles. The van der Waals surface area contributed by atoms with Gasteiger partial charge >= 0.3 is 0 Å². The Balaban J connectivity index is 2.48. The van der Waals surface area contributed by atoms with Gasteiger partial charge in [-0.3, -0.25) is 4.99 Å². The van der Waals surface area contributed by atoms with Gasteiger partial charge in [-0.1, -0.05) is 13.8 Å². The molecule has 136 valence electrons. The number of hydrogen-bond acceptors (Lipinski definition) is 3. The molecule has 0 fully saturated rings. The highest BCUT2D eigenvalue weighted by Gasteiger charge is 2.21. The molecule has 0 saturated carbocycles. The highest BCUT2D eigenvalue weighted by Crippen LogP contribution is 2.17. The number of nitrogens with zero attached hydrogens (tertiary/aromatic N) is 1. The summed E-state index contributed by atoms with van der Waals surface area (Å²) < 4.78 is 31.5. The molecular weight excluding hydrogens is 316 g/mol. The van der Waals surface area contributed by atoms with Crippen LogP contribution in [-0.2, 0) is 0 Å². The molecule has 1 rings (SSSR count). The molecule has 0 atom stereocenters. The van der Waals surface area contributed by atoms with E-state index >= 15 is 0 Å². The summed E-state index contributed by atoms with van der Waals surface area (Å²) in [5, 5.41) is 16.4. The Morgan fingerprint density at radius 1 is 1.21 bits per heavy atom. The van der Waals surface area contributed by atoms with Crippen molar-refractivity contribution in [3.8, 4) is 5.75 Å². The zero-order valence-electron chi connectivity index (χ0n) is 14.5. The second kappa shape index (κ2) is 10.1. The zero-order valence-corrected chi connectivity index (χ0v) is 14.5. The Bertz CT molecular complexity index is 535. The Morgan fingerprint density at radius 3 is 2.50 bits per heavy atom. The molecule has 1 aromatic rings. The van der Waals surface area contributed by atoms with Crippen LogP contribution in [0.1, 0.15) is 33.6 Å². The second-order valence-electron chi connectivity index (χ2n) is 5.48. The van der Waals surface area contributed by atoms with Crippen LogP contribution in [0.4, 0.5) is 8.78 Å². The van der Waals surface area contributed by atoms with Crippen LogP contribution in [0.2, 0.25) is 0 Å². The molecule has 1 aromatic carbocycles. The van der Waals surface area contributed by atoms with E-state index in [9.17, 15) is 13.9 Å². The van der Waals surface area contributed by atoms with Crippen molar-refractivity contribution >= 4 is 5.96 Å². The molecule has 0 amide bonds. The minimum atomic E-state index is -0.809. The summed E-state index contributed by atoms with van der Waals surface area (Å²) in [6.45, 7) is 7.33. The number of ether oxygens (including phenoxy) is 1. The van der Waals surface area contributed by atoms with Gasteiger partial charge in [-0.05, 0) is 31.9 Å². The highest BCUT2D eigenvalue weighted by atomic mass is 19.1. The maximum atomic E-state index is 13.4. The molecule has 0 aliphatic rings. The number of benzene rings is 1. The average Bonchev–Trinajstić information content (AvgIpc) is 2.57. The van der Waals surface area contributed by atoms with Gasteiger partial charge in [0, 0.05) is 12.6 Å². The van der Waals surface area contributed by atoms with E-state index in [0.717, 1.165) is 12.1 Å². The van der Waals surface area contributed by atoms with Crippen molar-refractivity contribution in [1.29, 1.82) is 0 Å². The van der Waals surface area contributed by atoms with Crippen molar-refractivity contribution in [2.24, 2.45) is 4.99 Å². The summed E-state index contributed by atoms with van der Waals surface area (Å²) >= 11 is 0. The van der Waals surface area contributed by atoms with Crippen LogP contribution in [0, 0.1) is 11.6 Å². The molecule has 0 unspecified atom stereocenters. The maximum Gasteiger partial charge on any atom is 0.191 e. The molecular formula is C17H27F2N3O2.